The topological polar surface area (TPSA) is 81.7 Å². The second kappa shape index (κ2) is 4.97. The van der Waals surface area contributed by atoms with Crippen LogP contribution in [0.5, 0.6) is 11.5 Å². The molecule has 1 aromatic carbocycles. The molecule has 0 radical (unpaired) electrons. The largest absolute Gasteiger partial charge is 0.454 e. The summed E-state index contributed by atoms with van der Waals surface area (Å²) < 4.78 is 33.1. The Balaban J connectivity index is 1.59. The van der Waals surface area contributed by atoms with Crippen molar-refractivity contribution in [1.82, 2.24) is 0 Å². The van der Waals surface area contributed by atoms with Crippen molar-refractivity contribution in [1.29, 1.82) is 0 Å². The third-order valence-electron chi connectivity index (χ3n) is 3.46. The van der Waals surface area contributed by atoms with E-state index in [1.54, 1.807) is 18.2 Å². The second-order valence-corrected chi connectivity index (χ2v) is 7.32. The van der Waals surface area contributed by atoms with Gasteiger partial charge in [0.15, 0.2) is 21.3 Å². The van der Waals surface area contributed by atoms with Gasteiger partial charge in [-0.2, -0.15) is 0 Å². The van der Waals surface area contributed by atoms with Gasteiger partial charge in [-0.1, -0.05) is 0 Å². The fourth-order valence-corrected chi connectivity index (χ4v) is 4.34. The molecule has 1 atom stereocenters. The van der Waals surface area contributed by atoms with Crippen molar-refractivity contribution in [3.05, 3.63) is 18.2 Å². The smallest absolute Gasteiger partial charge is 0.231 e. The summed E-state index contributed by atoms with van der Waals surface area (Å²) in [5.74, 6) is 1.31. The van der Waals surface area contributed by atoms with Crippen molar-refractivity contribution in [2.24, 2.45) is 5.92 Å². The molecule has 1 N–H and O–H groups in total. The maximum absolute atomic E-state index is 11.9. The van der Waals surface area contributed by atoms with E-state index in [2.05, 4.69) is 5.32 Å². The standard InChI is InChI=1S/C13H15NO5S/c15-13(5-9-3-4-20(16,17)7-9)14-10-1-2-11-12(6-10)19-8-18-11/h1-2,6,9H,3-5,7-8H2,(H,14,15). The first-order valence-electron chi connectivity index (χ1n) is 6.42. The monoisotopic (exact) mass is 297 g/mol. The predicted molar refractivity (Wildman–Crippen MR) is 72.6 cm³/mol. The molecule has 1 amide bonds. The molecule has 6 nitrogen and oxygen atoms in total. The summed E-state index contributed by atoms with van der Waals surface area (Å²) in [6, 6.07) is 5.17. The highest BCUT2D eigenvalue weighted by atomic mass is 32.2. The Morgan fingerprint density at radius 3 is 2.85 bits per heavy atom. The first-order valence-corrected chi connectivity index (χ1v) is 8.24. The van der Waals surface area contributed by atoms with Gasteiger partial charge < -0.3 is 14.8 Å². The Kier molecular flexibility index (Phi) is 3.29. The van der Waals surface area contributed by atoms with Crippen LogP contribution in [0.25, 0.3) is 0 Å². The molecule has 0 aliphatic carbocycles. The van der Waals surface area contributed by atoms with Crippen LogP contribution in [-0.2, 0) is 14.6 Å². The van der Waals surface area contributed by atoms with E-state index in [0.717, 1.165) is 0 Å². The summed E-state index contributed by atoms with van der Waals surface area (Å²) >= 11 is 0. The molecule has 20 heavy (non-hydrogen) atoms. The van der Waals surface area contributed by atoms with Crippen molar-refractivity contribution in [3.63, 3.8) is 0 Å². The molecular weight excluding hydrogens is 282 g/mol. The minimum absolute atomic E-state index is 0.0750. The minimum atomic E-state index is -2.94. The third-order valence-corrected chi connectivity index (χ3v) is 5.29. The van der Waals surface area contributed by atoms with Crippen LogP contribution in [0.15, 0.2) is 18.2 Å². The van der Waals surface area contributed by atoms with Crippen molar-refractivity contribution < 1.29 is 22.7 Å². The fourth-order valence-electron chi connectivity index (χ4n) is 2.48. The molecule has 2 aliphatic heterocycles. The van der Waals surface area contributed by atoms with Gasteiger partial charge in [0, 0.05) is 18.2 Å². The van der Waals surface area contributed by atoms with E-state index in [4.69, 9.17) is 9.47 Å². The van der Waals surface area contributed by atoms with E-state index in [-0.39, 0.29) is 36.5 Å². The maximum atomic E-state index is 11.9. The van der Waals surface area contributed by atoms with Crippen LogP contribution in [-0.4, -0.2) is 32.6 Å². The molecule has 1 unspecified atom stereocenters. The zero-order chi connectivity index (χ0) is 14.2. The number of amides is 1. The molecule has 0 aromatic heterocycles. The Labute approximate surface area is 117 Å². The molecule has 0 spiro atoms. The van der Waals surface area contributed by atoms with E-state index < -0.39 is 9.84 Å². The first-order chi connectivity index (χ1) is 9.52. The Bertz CT molecular complexity index is 640. The van der Waals surface area contributed by atoms with Gasteiger partial charge in [0.25, 0.3) is 0 Å². The molecule has 1 aromatic rings. The number of anilines is 1. The molecule has 7 heteroatoms. The number of hydrogen-bond acceptors (Lipinski definition) is 5. The maximum Gasteiger partial charge on any atom is 0.231 e. The number of benzene rings is 1. The Morgan fingerprint density at radius 2 is 2.10 bits per heavy atom. The summed E-state index contributed by atoms with van der Waals surface area (Å²) in [6.45, 7) is 0.187. The zero-order valence-corrected chi connectivity index (χ0v) is 11.6. The van der Waals surface area contributed by atoms with Gasteiger partial charge in [-0.3, -0.25) is 4.79 Å². The van der Waals surface area contributed by atoms with Gasteiger partial charge >= 0.3 is 0 Å². The lowest BCUT2D eigenvalue weighted by Gasteiger charge is -2.09. The molecule has 3 rings (SSSR count). The SMILES string of the molecule is O=C(CC1CCS(=O)(=O)C1)Nc1ccc2c(c1)OCO2. The molecule has 0 bridgehead atoms. The lowest BCUT2D eigenvalue weighted by atomic mass is 10.1. The first kappa shape index (κ1) is 13.2. The molecule has 1 fully saturated rings. The van der Waals surface area contributed by atoms with Crippen molar-refractivity contribution >= 4 is 21.4 Å². The lowest BCUT2D eigenvalue weighted by molar-refractivity contribution is -0.116. The van der Waals surface area contributed by atoms with Crippen LogP contribution < -0.4 is 14.8 Å². The predicted octanol–water partition coefficient (Wildman–Crippen LogP) is 1.18. The number of hydrogen-bond donors (Lipinski definition) is 1. The third kappa shape index (κ3) is 2.87. The molecule has 108 valence electrons. The van der Waals surface area contributed by atoms with Crippen molar-refractivity contribution in [2.45, 2.75) is 12.8 Å². The van der Waals surface area contributed by atoms with Gasteiger partial charge in [0.2, 0.25) is 12.7 Å². The van der Waals surface area contributed by atoms with E-state index >= 15 is 0 Å². The van der Waals surface area contributed by atoms with Gasteiger partial charge in [-0.05, 0) is 24.5 Å². The van der Waals surface area contributed by atoms with Crippen LogP contribution in [0.4, 0.5) is 5.69 Å². The van der Waals surface area contributed by atoms with Crippen molar-refractivity contribution in [3.8, 4) is 11.5 Å². The summed E-state index contributed by atoms with van der Waals surface area (Å²) in [5.41, 5.74) is 0.625. The average molecular weight is 297 g/mol. The van der Waals surface area contributed by atoms with Gasteiger partial charge in [0.1, 0.15) is 0 Å². The minimum Gasteiger partial charge on any atom is -0.454 e. The highest BCUT2D eigenvalue weighted by Crippen LogP contribution is 2.34. The molecule has 1 saturated heterocycles. The van der Waals surface area contributed by atoms with Crippen molar-refractivity contribution in [2.75, 3.05) is 23.6 Å². The van der Waals surface area contributed by atoms with Crippen LogP contribution in [0.1, 0.15) is 12.8 Å². The number of carbonyl (C=O) groups excluding carboxylic acids is 1. The van der Waals surface area contributed by atoms with Crippen LogP contribution in [0.2, 0.25) is 0 Å². The number of carbonyl (C=O) groups is 1. The average Bonchev–Trinajstić information content (AvgIpc) is 2.95. The van der Waals surface area contributed by atoms with Gasteiger partial charge in [-0.15, -0.1) is 0 Å². The summed E-state index contributed by atoms with van der Waals surface area (Å²) in [6.07, 6.45) is 0.796. The number of ether oxygens (including phenoxy) is 2. The molecule has 0 saturated carbocycles. The zero-order valence-electron chi connectivity index (χ0n) is 10.8. The quantitative estimate of drug-likeness (QED) is 0.906. The van der Waals surface area contributed by atoms with E-state index in [0.29, 0.717) is 23.6 Å². The molecule has 2 aliphatic rings. The highest BCUT2D eigenvalue weighted by Gasteiger charge is 2.29. The molecular formula is C13H15NO5S. The number of rotatable bonds is 3. The molecule has 2 heterocycles. The lowest BCUT2D eigenvalue weighted by Crippen LogP contribution is -2.17. The number of nitrogens with one attached hydrogen (secondary N) is 1. The Hall–Kier alpha value is -1.76. The van der Waals surface area contributed by atoms with Gasteiger partial charge in [0.05, 0.1) is 11.5 Å². The normalized spacial score (nSPS) is 22.7. The highest BCUT2D eigenvalue weighted by molar-refractivity contribution is 7.91. The summed E-state index contributed by atoms with van der Waals surface area (Å²) in [5, 5.41) is 2.76. The summed E-state index contributed by atoms with van der Waals surface area (Å²) in [7, 11) is -2.94. The summed E-state index contributed by atoms with van der Waals surface area (Å²) in [4.78, 5) is 11.9. The van der Waals surface area contributed by atoms with Gasteiger partial charge in [-0.25, -0.2) is 8.42 Å². The van der Waals surface area contributed by atoms with E-state index in [1.165, 1.54) is 0 Å². The number of sulfone groups is 1. The van der Waals surface area contributed by atoms with Crippen LogP contribution in [0.3, 0.4) is 0 Å². The van der Waals surface area contributed by atoms with Crippen LogP contribution >= 0.6 is 0 Å². The van der Waals surface area contributed by atoms with E-state index in [1.807, 2.05) is 0 Å². The number of fused-ring (bicyclic) bond motifs is 1. The fraction of sp³-hybridized carbons (Fsp3) is 0.462. The second-order valence-electron chi connectivity index (χ2n) is 5.09. The van der Waals surface area contributed by atoms with E-state index in [9.17, 15) is 13.2 Å². The Morgan fingerprint density at radius 1 is 1.30 bits per heavy atom. The van der Waals surface area contributed by atoms with Crippen LogP contribution in [0, 0.1) is 5.92 Å².